The molecule has 2 heterocycles. The smallest absolute Gasteiger partial charge is 0.247 e. The number of fused-ring (bicyclic) bond motifs is 1. The molecule has 1 aromatic heterocycles. The van der Waals surface area contributed by atoms with Gasteiger partial charge in [-0.25, -0.2) is 4.68 Å². The molecule has 1 aliphatic rings. The molecular weight excluding hydrogens is 494 g/mol. The molecule has 9 nitrogen and oxygen atoms in total. The number of ether oxygens (including phenoxy) is 2. The van der Waals surface area contributed by atoms with Crippen LogP contribution in [0.3, 0.4) is 0 Å². The van der Waals surface area contributed by atoms with Crippen LogP contribution < -0.4 is 10.1 Å². The van der Waals surface area contributed by atoms with Crippen molar-refractivity contribution in [3.05, 3.63) is 90.0 Å². The number of hydrogen-bond donors (Lipinski definition) is 1. The Morgan fingerprint density at radius 2 is 1.85 bits per heavy atom. The maximum atomic E-state index is 14.0. The predicted molar refractivity (Wildman–Crippen MR) is 147 cm³/mol. The maximum absolute atomic E-state index is 14.0. The Morgan fingerprint density at radius 3 is 2.59 bits per heavy atom. The lowest BCUT2D eigenvalue weighted by atomic mass is 10.0. The molecule has 1 N–H and O–H groups in total. The second kappa shape index (κ2) is 12.5. The number of hydrogen-bond acceptors (Lipinski definition) is 6. The van der Waals surface area contributed by atoms with Crippen LogP contribution in [0, 0.1) is 0 Å². The van der Waals surface area contributed by atoms with Crippen LogP contribution in [0.15, 0.2) is 78.9 Å². The summed E-state index contributed by atoms with van der Waals surface area (Å²) in [5.41, 5.74) is 3.25. The fraction of sp³-hybridized carbons (Fsp3) is 0.333. The number of rotatable bonds is 11. The zero-order valence-corrected chi connectivity index (χ0v) is 22.0. The summed E-state index contributed by atoms with van der Waals surface area (Å²) in [5, 5.41) is 11.5. The van der Waals surface area contributed by atoms with E-state index in [2.05, 4.69) is 15.6 Å². The van der Waals surface area contributed by atoms with Crippen molar-refractivity contribution < 1.29 is 19.1 Å². The van der Waals surface area contributed by atoms with E-state index < -0.39 is 6.04 Å². The van der Waals surface area contributed by atoms with E-state index in [0.717, 1.165) is 23.9 Å². The Morgan fingerprint density at radius 1 is 1.08 bits per heavy atom. The van der Waals surface area contributed by atoms with Crippen LogP contribution in [0.2, 0.25) is 0 Å². The molecule has 202 valence electrons. The van der Waals surface area contributed by atoms with Crippen LogP contribution in [0.25, 0.3) is 11.0 Å². The van der Waals surface area contributed by atoms with E-state index in [9.17, 15) is 9.59 Å². The van der Waals surface area contributed by atoms with Gasteiger partial charge in [0, 0.05) is 19.7 Å². The SMILES string of the molecule is COc1ccc([C@@H](C(=O)NC[C@H]2CCCO2)N(CCc2ccccc2)C(=O)Cn2nnc3ccccc32)cc1. The predicted octanol–water partition coefficient (Wildman–Crippen LogP) is 3.55. The highest BCUT2D eigenvalue weighted by Gasteiger charge is 2.32. The van der Waals surface area contributed by atoms with Crippen molar-refractivity contribution >= 4 is 22.8 Å². The van der Waals surface area contributed by atoms with Gasteiger partial charge >= 0.3 is 0 Å². The molecule has 1 fully saturated rings. The van der Waals surface area contributed by atoms with Crippen LogP contribution in [-0.2, 0) is 27.3 Å². The average Bonchev–Trinajstić information content (AvgIpc) is 3.65. The molecule has 39 heavy (non-hydrogen) atoms. The van der Waals surface area contributed by atoms with Gasteiger partial charge in [-0.1, -0.05) is 59.8 Å². The second-order valence-corrected chi connectivity index (χ2v) is 9.61. The van der Waals surface area contributed by atoms with Crippen molar-refractivity contribution in [1.29, 1.82) is 0 Å². The second-order valence-electron chi connectivity index (χ2n) is 9.61. The minimum absolute atomic E-state index is 0.0135. The third kappa shape index (κ3) is 6.43. The Balaban J connectivity index is 1.46. The summed E-state index contributed by atoms with van der Waals surface area (Å²) in [6.07, 6.45) is 2.47. The first kappa shape index (κ1) is 26.4. The molecule has 2 amide bonds. The van der Waals surface area contributed by atoms with Gasteiger partial charge in [-0.3, -0.25) is 9.59 Å². The summed E-state index contributed by atoms with van der Waals surface area (Å²) >= 11 is 0. The van der Waals surface area contributed by atoms with E-state index in [0.29, 0.717) is 42.9 Å². The molecule has 2 atom stereocenters. The monoisotopic (exact) mass is 527 g/mol. The van der Waals surface area contributed by atoms with Crippen LogP contribution in [0.4, 0.5) is 0 Å². The van der Waals surface area contributed by atoms with E-state index in [4.69, 9.17) is 9.47 Å². The molecule has 9 heteroatoms. The van der Waals surface area contributed by atoms with Crippen molar-refractivity contribution in [2.45, 2.75) is 38.0 Å². The highest BCUT2D eigenvalue weighted by Crippen LogP contribution is 2.26. The van der Waals surface area contributed by atoms with Crippen LogP contribution in [-0.4, -0.2) is 64.6 Å². The number of para-hydroxylation sites is 1. The number of amides is 2. The van der Waals surface area contributed by atoms with Crippen molar-refractivity contribution in [3.63, 3.8) is 0 Å². The highest BCUT2D eigenvalue weighted by molar-refractivity contribution is 5.89. The van der Waals surface area contributed by atoms with Crippen molar-refractivity contribution in [2.24, 2.45) is 0 Å². The molecule has 3 aromatic carbocycles. The molecule has 0 spiro atoms. The molecular formula is C30H33N5O4. The molecule has 0 aliphatic carbocycles. The summed E-state index contributed by atoms with van der Waals surface area (Å²) in [5.74, 6) is 0.198. The molecule has 0 radical (unpaired) electrons. The number of aromatic nitrogens is 3. The molecule has 5 rings (SSSR count). The van der Waals surface area contributed by atoms with E-state index in [1.54, 1.807) is 28.8 Å². The van der Waals surface area contributed by atoms with Gasteiger partial charge in [0.05, 0.1) is 18.7 Å². The Kier molecular flexibility index (Phi) is 8.48. The Hall–Kier alpha value is -4.24. The largest absolute Gasteiger partial charge is 0.497 e. The van der Waals surface area contributed by atoms with Crippen molar-refractivity contribution in [1.82, 2.24) is 25.2 Å². The standard InChI is InChI=1S/C30H33N5O4/c1-38-24-15-13-23(14-16-24)29(30(37)31-20-25-10-7-19-39-25)34(18-17-22-8-3-2-4-9-22)28(36)21-35-27-12-6-5-11-26(27)32-33-35/h2-6,8-9,11-16,25,29H,7,10,17-21H2,1H3,(H,31,37)/t25-,29+/m1/s1. The molecule has 0 bridgehead atoms. The van der Waals surface area contributed by atoms with Gasteiger partial charge in [-0.05, 0) is 54.7 Å². The lowest BCUT2D eigenvalue weighted by molar-refractivity contribution is -0.141. The molecule has 1 aliphatic heterocycles. The average molecular weight is 528 g/mol. The summed E-state index contributed by atoms with van der Waals surface area (Å²) < 4.78 is 12.6. The summed E-state index contributed by atoms with van der Waals surface area (Å²) in [6, 6.07) is 23.9. The zero-order chi connectivity index (χ0) is 27.0. The molecule has 1 saturated heterocycles. The first-order chi connectivity index (χ1) is 19.1. The Bertz CT molecular complexity index is 1380. The summed E-state index contributed by atoms with van der Waals surface area (Å²) in [4.78, 5) is 29.4. The lowest BCUT2D eigenvalue weighted by Crippen LogP contribution is -2.47. The Labute approximate surface area is 227 Å². The number of carbonyl (C=O) groups is 2. The van der Waals surface area contributed by atoms with E-state index in [1.807, 2.05) is 66.7 Å². The van der Waals surface area contributed by atoms with Crippen LogP contribution in [0.1, 0.15) is 30.0 Å². The fourth-order valence-electron chi connectivity index (χ4n) is 4.92. The molecule has 0 saturated carbocycles. The molecule has 0 unspecified atom stereocenters. The topological polar surface area (TPSA) is 98.6 Å². The first-order valence-electron chi connectivity index (χ1n) is 13.3. The van der Waals surface area contributed by atoms with E-state index in [1.165, 1.54) is 0 Å². The minimum Gasteiger partial charge on any atom is -0.497 e. The van der Waals surface area contributed by atoms with Gasteiger partial charge in [-0.2, -0.15) is 0 Å². The highest BCUT2D eigenvalue weighted by atomic mass is 16.5. The fourth-order valence-corrected chi connectivity index (χ4v) is 4.92. The van der Waals surface area contributed by atoms with Crippen LogP contribution >= 0.6 is 0 Å². The zero-order valence-electron chi connectivity index (χ0n) is 22.0. The number of nitrogens with zero attached hydrogens (tertiary/aromatic N) is 4. The van der Waals surface area contributed by atoms with Gasteiger partial charge in [0.15, 0.2) is 0 Å². The van der Waals surface area contributed by atoms with Gasteiger partial charge in [0.25, 0.3) is 0 Å². The minimum atomic E-state index is -0.844. The number of carbonyl (C=O) groups excluding carboxylic acids is 2. The van der Waals surface area contributed by atoms with E-state index >= 15 is 0 Å². The van der Waals surface area contributed by atoms with Gasteiger partial charge < -0.3 is 19.7 Å². The third-order valence-corrected chi connectivity index (χ3v) is 7.03. The lowest BCUT2D eigenvalue weighted by Gasteiger charge is -2.32. The normalized spacial score (nSPS) is 15.7. The first-order valence-corrected chi connectivity index (χ1v) is 13.3. The maximum Gasteiger partial charge on any atom is 0.247 e. The molecule has 4 aromatic rings. The van der Waals surface area contributed by atoms with Crippen molar-refractivity contribution in [3.8, 4) is 5.75 Å². The van der Waals surface area contributed by atoms with Gasteiger partial charge in [0.1, 0.15) is 23.9 Å². The summed E-state index contributed by atoms with van der Waals surface area (Å²) in [6.45, 7) is 1.41. The number of benzene rings is 3. The number of nitrogens with one attached hydrogen (secondary N) is 1. The summed E-state index contributed by atoms with van der Waals surface area (Å²) in [7, 11) is 1.60. The van der Waals surface area contributed by atoms with Gasteiger partial charge in [-0.15, -0.1) is 5.10 Å². The van der Waals surface area contributed by atoms with E-state index in [-0.39, 0.29) is 24.5 Å². The van der Waals surface area contributed by atoms with Gasteiger partial charge in [0.2, 0.25) is 11.8 Å². The quantitative estimate of drug-likeness (QED) is 0.320. The van der Waals surface area contributed by atoms with Crippen LogP contribution in [0.5, 0.6) is 5.75 Å². The number of methoxy groups -OCH3 is 1. The third-order valence-electron chi connectivity index (χ3n) is 7.03. The van der Waals surface area contributed by atoms with Crippen molar-refractivity contribution in [2.75, 3.05) is 26.8 Å².